The van der Waals surface area contributed by atoms with Crippen molar-refractivity contribution < 1.29 is 9.84 Å². The van der Waals surface area contributed by atoms with Crippen molar-refractivity contribution in [2.45, 2.75) is 6.92 Å². The second kappa shape index (κ2) is 4.67. The zero-order valence-corrected chi connectivity index (χ0v) is 8.45. The van der Waals surface area contributed by atoms with Gasteiger partial charge in [-0.3, -0.25) is 0 Å². The summed E-state index contributed by atoms with van der Waals surface area (Å²) in [5.74, 6) is 1.01. The fourth-order valence-corrected chi connectivity index (χ4v) is 1.21. The maximum atomic E-state index is 9.70. The van der Waals surface area contributed by atoms with E-state index < -0.39 is 0 Å². The van der Waals surface area contributed by atoms with E-state index in [1.807, 2.05) is 6.92 Å². The molecule has 0 aliphatic carbocycles. The van der Waals surface area contributed by atoms with Crippen LogP contribution in [0.2, 0.25) is 0 Å². The highest BCUT2D eigenvalue weighted by Crippen LogP contribution is 2.28. The summed E-state index contributed by atoms with van der Waals surface area (Å²) < 4.78 is 5.09. The Kier molecular flexibility index (Phi) is 3.54. The Labute approximate surface area is 83.8 Å². The zero-order chi connectivity index (χ0) is 10.6. The number of aryl methyl sites for hydroxylation is 1. The van der Waals surface area contributed by atoms with Crippen molar-refractivity contribution in [3.05, 3.63) is 29.3 Å². The molecule has 0 radical (unpaired) electrons. The predicted octanol–water partition coefficient (Wildman–Crippen LogP) is 1.68. The van der Waals surface area contributed by atoms with Gasteiger partial charge in [-0.15, -0.1) is 0 Å². The molecule has 0 aliphatic rings. The minimum atomic E-state index is 0.274. The van der Waals surface area contributed by atoms with Crippen LogP contribution >= 0.6 is 0 Å². The predicted molar refractivity (Wildman–Crippen MR) is 57.5 cm³/mol. The van der Waals surface area contributed by atoms with Crippen LogP contribution in [0.4, 0.5) is 0 Å². The summed E-state index contributed by atoms with van der Waals surface area (Å²) in [7, 11) is 1.60. The van der Waals surface area contributed by atoms with E-state index in [-0.39, 0.29) is 5.75 Å². The lowest BCUT2D eigenvalue weighted by atomic mass is 10.1. The molecule has 0 heterocycles. The maximum absolute atomic E-state index is 9.70. The van der Waals surface area contributed by atoms with Gasteiger partial charge in [-0.1, -0.05) is 12.2 Å². The van der Waals surface area contributed by atoms with Gasteiger partial charge in [0, 0.05) is 12.1 Å². The molecule has 0 atom stereocenters. The van der Waals surface area contributed by atoms with Crippen LogP contribution in [0, 0.1) is 6.92 Å². The Balaban J connectivity index is 3.13. The molecule has 76 valence electrons. The van der Waals surface area contributed by atoms with Crippen molar-refractivity contribution in [2.75, 3.05) is 13.7 Å². The van der Waals surface area contributed by atoms with Crippen LogP contribution in [0.1, 0.15) is 11.1 Å². The second-order valence-corrected chi connectivity index (χ2v) is 3.02. The molecule has 0 fully saturated rings. The third kappa shape index (κ3) is 2.26. The molecule has 3 heteroatoms. The lowest BCUT2D eigenvalue weighted by molar-refractivity contribution is 0.411. The third-order valence-corrected chi connectivity index (χ3v) is 1.97. The quantitative estimate of drug-likeness (QED) is 0.768. The Bertz CT molecular complexity index is 345. The summed E-state index contributed by atoms with van der Waals surface area (Å²) in [4.78, 5) is 0. The van der Waals surface area contributed by atoms with Crippen LogP contribution in [-0.2, 0) is 0 Å². The van der Waals surface area contributed by atoms with Crippen molar-refractivity contribution in [1.29, 1.82) is 0 Å². The lowest BCUT2D eigenvalue weighted by Crippen LogP contribution is -1.92. The molecule has 0 aromatic heterocycles. The van der Waals surface area contributed by atoms with Crippen LogP contribution in [0.5, 0.6) is 11.5 Å². The van der Waals surface area contributed by atoms with Crippen LogP contribution in [-0.4, -0.2) is 18.8 Å². The number of methoxy groups -OCH3 is 1. The summed E-state index contributed by atoms with van der Waals surface area (Å²) >= 11 is 0. The van der Waals surface area contributed by atoms with Gasteiger partial charge in [-0.05, 0) is 24.6 Å². The van der Waals surface area contributed by atoms with E-state index in [0.29, 0.717) is 6.54 Å². The molecular formula is C11H15NO2. The van der Waals surface area contributed by atoms with Crippen LogP contribution in [0.3, 0.4) is 0 Å². The van der Waals surface area contributed by atoms with Crippen LogP contribution in [0.15, 0.2) is 18.2 Å². The molecule has 0 saturated heterocycles. The van der Waals surface area contributed by atoms with E-state index in [9.17, 15) is 5.11 Å². The van der Waals surface area contributed by atoms with E-state index in [1.54, 1.807) is 31.4 Å². The average molecular weight is 193 g/mol. The summed E-state index contributed by atoms with van der Waals surface area (Å²) in [5, 5.41) is 9.70. The lowest BCUT2D eigenvalue weighted by Gasteiger charge is -2.06. The Morgan fingerprint density at radius 1 is 1.50 bits per heavy atom. The van der Waals surface area contributed by atoms with Crippen LogP contribution < -0.4 is 10.5 Å². The molecule has 3 N–H and O–H groups in total. The maximum Gasteiger partial charge on any atom is 0.125 e. The number of phenols is 1. The van der Waals surface area contributed by atoms with E-state index >= 15 is 0 Å². The molecule has 3 nitrogen and oxygen atoms in total. The number of benzene rings is 1. The highest BCUT2D eigenvalue weighted by molar-refractivity contribution is 5.61. The van der Waals surface area contributed by atoms with Gasteiger partial charge in [0.05, 0.1) is 7.11 Å². The molecule has 0 bridgehead atoms. The van der Waals surface area contributed by atoms with Gasteiger partial charge in [0.25, 0.3) is 0 Å². The van der Waals surface area contributed by atoms with Gasteiger partial charge >= 0.3 is 0 Å². The SMILES string of the molecule is COc1cc(C)c(O)c(/C=C/CN)c1. The first-order valence-electron chi connectivity index (χ1n) is 4.43. The summed E-state index contributed by atoms with van der Waals surface area (Å²) in [6.07, 6.45) is 3.57. The van der Waals surface area contributed by atoms with Gasteiger partial charge in [0.15, 0.2) is 0 Å². The van der Waals surface area contributed by atoms with Crippen molar-refractivity contribution in [1.82, 2.24) is 0 Å². The van der Waals surface area contributed by atoms with Crippen molar-refractivity contribution in [3.63, 3.8) is 0 Å². The van der Waals surface area contributed by atoms with Crippen molar-refractivity contribution in [2.24, 2.45) is 5.73 Å². The first-order valence-corrected chi connectivity index (χ1v) is 4.43. The molecule has 1 rings (SSSR count). The smallest absolute Gasteiger partial charge is 0.125 e. The Morgan fingerprint density at radius 3 is 2.79 bits per heavy atom. The molecular weight excluding hydrogens is 178 g/mol. The minimum absolute atomic E-state index is 0.274. The second-order valence-electron chi connectivity index (χ2n) is 3.02. The van der Waals surface area contributed by atoms with Crippen LogP contribution in [0.25, 0.3) is 6.08 Å². The molecule has 0 unspecified atom stereocenters. The number of ether oxygens (including phenoxy) is 1. The van der Waals surface area contributed by atoms with Gasteiger partial charge in [-0.25, -0.2) is 0 Å². The Hall–Kier alpha value is -1.48. The molecule has 1 aromatic rings. The monoisotopic (exact) mass is 193 g/mol. The molecule has 14 heavy (non-hydrogen) atoms. The highest BCUT2D eigenvalue weighted by Gasteiger charge is 2.04. The van der Waals surface area contributed by atoms with Crippen molar-refractivity contribution >= 4 is 6.08 Å². The topological polar surface area (TPSA) is 55.5 Å². The fourth-order valence-electron chi connectivity index (χ4n) is 1.21. The molecule has 1 aromatic carbocycles. The normalized spacial score (nSPS) is 10.8. The zero-order valence-electron chi connectivity index (χ0n) is 8.45. The average Bonchev–Trinajstić information content (AvgIpc) is 2.20. The third-order valence-electron chi connectivity index (χ3n) is 1.97. The van der Waals surface area contributed by atoms with Gasteiger partial charge in [0.2, 0.25) is 0 Å². The van der Waals surface area contributed by atoms with Crippen molar-refractivity contribution in [3.8, 4) is 11.5 Å². The molecule has 0 saturated carbocycles. The summed E-state index contributed by atoms with van der Waals surface area (Å²) in [6.45, 7) is 2.29. The van der Waals surface area contributed by atoms with E-state index in [1.165, 1.54) is 0 Å². The number of phenolic OH excluding ortho intramolecular Hbond substituents is 1. The van der Waals surface area contributed by atoms with Gasteiger partial charge in [0.1, 0.15) is 11.5 Å². The summed E-state index contributed by atoms with van der Waals surface area (Å²) in [5.41, 5.74) is 6.86. The minimum Gasteiger partial charge on any atom is -0.507 e. The first kappa shape index (κ1) is 10.6. The van der Waals surface area contributed by atoms with Gasteiger partial charge in [-0.2, -0.15) is 0 Å². The number of hydrogen-bond acceptors (Lipinski definition) is 3. The Morgan fingerprint density at radius 2 is 2.21 bits per heavy atom. The number of rotatable bonds is 3. The fraction of sp³-hybridized carbons (Fsp3) is 0.273. The highest BCUT2D eigenvalue weighted by atomic mass is 16.5. The molecule has 0 aliphatic heterocycles. The van der Waals surface area contributed by atoms with E-state index in [4.69, 9.17) is 10.5 Å². The first-order chi connectivity index (χ1) is 6.69. The molecule has 0 amide bonds. The van der Waals surface area contributed by atoms with Gasteiger partial charge < -0.3 is 15.6 Å². The number of nitrogens with two attached hydrogens (primary N) is 1. The van der Waals surface area contributed by atoms with E-state index in [0.717, 1.165) is 16.9 Å². The summed E-state index contributed by atoms with van der Waals surface area (Å²) in [6, 6.07) is 3.56. The standard InChI is InChI=1S/C11H15NO2/c1-8-6-10(14-2)7-9(11(8)13)4-3-5-12/h3-4,6-7,13H,5,12H2,1-2H3/b4-3+. The number of hydrogen-bond donors (Lipinski definition) is 2. The molecule has 0 spiro atoms. The number of aromatic hydroxyl groups is 1. The van der Waals surface area contributed by atoms with E-state index in [2.05, 4.69) is 0 Å². The largest absolute Gasteiger partial charge is 0.507 e.